The van der Waals surface area contributed by atoms with Crippen molar-refractivity contribution in [2.24, 2.45) is 22.7 Å². The molecule has 17 heavy (non-hydrogen) atoms. The lowest BCUT2D eigenvalue weighted by Crippen LogP contribution is -2.29. The highest BCUT2D eigenvalue weighted by Crippen LogP contribution is 2.58. The van der Waals surface area contributed by atoms with Crippen LogP contribution in [0.15, 0.2) is 0 Å². The zero-order valence-electron chi connectivity index (χ0n) is 10.7. The van der Waals surface area contributed by atoms with E-state index in [0.717, 1.165) is 6.42 Å². The van der Waals surface area contributed by atoms with Gasteiger partial charge in [0.25, 0.3) is 0 Å². The quantitative estimate of drug-likeness (QED) is 0.766. The molecule has 0 aliphatic heterocycles. The Morgan fingerprint density at radius 3 is 2.24 bits per heavy atom. The molecule has 0 saturated heterocycles. The number of aliphatic carboxylic acids is 1. The first-order chi connectivity index (χ1) is 7.78. The summed E-state index contributed by atoms with van der Waals surface area (Å²) in [5, 5.41) is 11.9. The Morgan fingerprint density at radius 1 is 1.24 bits per heavy atom. The van der Waals surface area contributed by atoms with E-state index in [0.29, 0.717) is 12.0 Å². The molecule has 0 radical (unpaired) electrons. The average Bonchev–Trinajstić information content (AvgIpc) is 3.03. The summed E-state index contributed by atoms with van der Waals surface area (Å²) in [5.41, 5.74) is 0.0396. The molecule has 0 unspecified atom stereocenters. The van der Waals surface area contributed by atoms with Gasteiger partial charge in [-0.1, -0.05) is 20.8 Å². The molecule has 1 amide bonds. The predicted molar refractivity (Wildman–Crippen MR) is 63.4 cm³/mol. The van der Waals surface area contributed by atoms with E-state index in [-0.39, 0.29) is 17.2 Å². The van der Waals surface area contributed by atoms with Crippen LogP contribution in [0.2, 0.25) is 0 Å². The molecule has 0 aromatic carbocycles. The first-order valence-corrected chi connectivity index (χ1v) is 6.28. The summed E-state index contributed by atoms with van der Waals surface area (Å²) in [7, 11) is 0. The minimum absolute atomic E-state index is 0.0911. The Labute approximate surface area is 102 Å². The third-order valence-corrected chi connectivity index (χ3v) is 4.51. The van der Waals surface area contributed by atoms with Crippen molar-refractivity contribution in [2.45, 2.75) is 40.0 Å². The fraction of sp³-hybridized carbons (Fsp3) is 0.846. The number of carbonyl (C=O) groups is 2. The van der Waals surface area contributed by atoms with Gasteiger partial charge in [0, 0.05) is 6.54 Å². The third kappa shape index (κ3) is 2.31. The topological polar surface area (TPSA) is 66.4 Å². The number of hydrogen-bond donors (Lipinski definition) is 2. The van der Waals surface area contributed by atoms with E-state index in [1.165, 1.54) is 12.8 Å². The molecule has 2 atom stereocenters. The number of amides is 1. The predicted octanol–water partition coefficient (Wildman–Crippen LogP) is 1.65. The van der Waals surface area contributed by atoms with Crippen molar-refractivity contribution in [1.29, 1.82) is 0 Å². The van der Waals surface area contributed by atoms with E-state index in [9.17, 15) is 9.59 Å². The third-order valence-electron chi connectivity index (χ3n) is 4.51. The van der Waals surface area contributed by atoms with E-state index < -0.39 is 11.9 Å². The average molecular weight is 239 g/mol. The maximum absolute atomic E-state index is 11.9. The molecule has 2 N–H and O–H groups in total. The second kappa shape index (κ2) is 3.72. The Morgan fingerprint density at radius 2 is 1.82 bits per heavy atom. The van der Waals surface area contributed by atoms with Crippen LogP contribution < -0.4 is 5.32 Å². The summed E-state index contributed by atoms with van der Waals surface area (Å²) >= 11 is 0. The van der Waals surface area contributed by atoms with E-state index in [4.69, 9.17) is 5.11 Å². The van der Waals surface area contributed by atoms with Crippen LogP contribution in [-0.4, -0.2) is 23.5 Å². The van der Waals surface area contributed by atoms with Crippen LogP contribution in [-0.2, 0) is 9.59 Å². The van der Waals surface area contributed by atoms with Gasteiger partial charge in [0.15, 0.2) is 0 Å². The number of carboxylic acid groups (broad SMARTS) is 1. The Balaban J connectivity index is 1.79. The highest BCUT2D eigenvalue weighted by Gasteiger charge is 2.65. The first-order valence-electron chi connectivity index (χ1n) is 6.28. The van der Waals surface area contributed by atoms with Crippen LogP contribution in [0.25, 0.3) is 0 Å². The van der Waals surface area contributed by atoms with E-state index >= 15 is 0 Å². The standard InChI is InChI=1S/C13H21NO3/c1-12(2)8(9(12)11(16)17)10(15)14-7-6-13(3)4-5-13/h8-9H,4-7H2,1-3H3,(H,14,15)(H,16,17)/t8-,9+/m1/s1. The molecule has 2 rings (SSSR count). The fourth-order valence-corrected chi connectivity index (χ4v) is 2.65. The summed E-state index contributed by atoms with van der Waals surface area (Å²) < 4.78 is 0. The van der Waals surface area contributed by atoms with Crippen LogP contribution >= 0.6 is 0 Å². The molecule has 0 bridgehead atoms. The largest absolute Gasteiger partial charge is 0.481 e. The fourth-order valence-electron chi connectivity index (χ4n) is 2.65. The van der Waals surface area contributed by atoms with Crippen molar-refractivity contribution >= 4 is 11.9 Å². The normalized spacial score (nSPS) is 31.7. The lowest BCUT2D eigenvalue weighted by molar-refractivity contribution is -0.140. The second-order valence-electron chi connectivity index (χ2n) is 6.47. The lowest BCUT2D eigenvalue weighted by Gasteiger charge is -2.09. The van der Waals surface area contributed by atoms with Crippen molar-refractivity contribution in [3.8, 4) is 0 Å². The second-order valence-corrected chi connectivity index (χ2v) is 6.47. The smallest absolute Gasteiger partial charge is 0.307 e. The van der Waals surface area contributed by atoms with E-state index in [1.807, 2.05) is 13.8 Å². The maximum Gasteiger partial charge on any atom is 0.307 e. The maximum atomic E-state index is 11.9. The number of carbonyl (C=O) groups excluding carboxylic acids is 1. The van der Waals surface area contributed by atoms with Crippen molar-refractivity contribution in [3.63, 3.8) is 0 Å². The SMILES string of the molecule is CC1(CCNC(=O)[C@H]2[C@@H](C(=O)O)C2(C)C)CC1. The van der Waals surface area contributed by atoms with Crippen LogP contribution in [0.5, 0.6) is 0 Å². The molecular weight excluding hydrogens is 218 g/mol. The highest BCUT2D eigenvalue weighted by atomic mass is 16.4. The molecule has 2 saturated carbocycles. The van der Waals surface area contributed by atoms with Gasteiger partial charge < -0.3 is 10.4 Å². The van der Waals surface area contributed by atoms with Gasteiger partial charge in [-0.15, -0.1) is 0 Å². The highest BCUT2D eigenvalue weighted by molar-refractivity contribution is 5.91. The van der Waals surface area contributed by atoms with Crippen molar-refractivity contribution in [3.05, 3.63) is 0 Å². The molecule has 0 aromatic rings. The number of rotatable bonds is 5. The minimum atomic E-state index is -0.857. The zero-order valence-corrected chi connectivity index (χ0v) is 10.7. The van der Waals surface area contributed by atoms with Gasteiger partial charge in [-0.3, -0.25) is 9.59 Å². The number of nitrogens with one attached hydrogen (secondary N) is 1. The van der Waals surface area contributed by atoms with Crippen LogP contribution in [0, 0.1) is 22.7 Å². The summed E-state index contributed by atoms with van der Waals surface area (Å²) in [4.78, 5) is 22.8. The van der Waals surface area contributed by atoms with Crippen molar-refractivity contribution < 1.29 is 14.7 Å². The molecule has 0 spiro atoms. The molecule has 2 aliphatic rings. The van der Waals surface area contributed by atoms with Gasteiger partial charge in [0.1, 0.15) is 0 Å². The lowest BCUT2D eigenvalue weighted by atomic mass is 10.1. The Bertz CT molecular complexity index is 358. The number of carboxylic acids is 1. The van der Waals surface area contributed by atoms with Crippen molar-refractivity contribution in [2.75, 3.05) is 6.54 Å². The Hall–Kier alpha value is -1.06. The van der Waals surface area contributed by atoms with Gasteiger partial charge >= 0.3 is 5.97 Å². The molecular formula is C13H21NO3. The van der Waals surface area contributed by atoms with Crippen LogP contribution in [0.1, 0.15) is 40.0 Å². The molecule has 0 heterocycles. The monoisotopic (exact) mass is 239 g/mol. The van der Waals surface area contributed by atoms with Gasteiger partial charge in [0.05, 0.1) is 11.8 Å². The van der Waals surface area contributed by atoms with Gasteiger partial charge in [-0.25, -0.2) is 0 Å². The summed E-state index contributed by atoms with van der Waals surface area (Å²) in [6.45, 7) is 6.59. The molecule has 4 nitrogen and oxygen atoms in total. The summed E-state index contributed by atoms with van der Waals surface area (Å²) in [6.07, 6.45) is 3.49. The van der Waals surface area contributed by atoms with E-state index in [2.05, 4.69) is 12.2 Å². The molecule has 2 fully saturated rings. The zero-order chi connectivity index (χ0) is 12.8. The van der Waals surface area contributed by atoms with Crippen LogP contribution in [0.3, 0.4) is 0 Å². The molecule has 0 aromatic heterocycles. The minimum Gasteiger partial charge on any atom is -0.481 e. The molecule has 96 valence electrons. The summed E-state index contributed by atoms with van der Waals surface area (Å²) in [5.74, 6) is -1.82. The van der Waals surface area contributed by atoms with Crippen LogP contribution in [0.4, 0.5) is 0 Å². The molecule has 4 heteroatoms. The molecule has 2 aliphatic carbocycles. The number of hydrogen-bond acceptors (Lipinski definition) is 2. The van der Waals surface area contributed by atoms with Gasteiger partial charge in [-0.2, -0.15) is 0 Å². The van der Waals surface area contributed by atoms with Gasteiger partial charge in [-0.05, 0) is 30.1 Å². The van der Waals surface area contributed by atoms with Crippen molar-refractivity contribution in [1.82, 2.24) is 5.32 Å². The Kier molecular flexibility index (Phi) is 2.71. The first kappa shape index (κ1) is 12.4. The van der Waals surface area contributed by atoms with Gasteiger partial charge in [0.2, 0.25) is 5.91 Å². The van der Waals surface area contributed by atoms with E-state index in [1.54, 1.807) is 0 Å². The summed E-state index contributed by atoms with van der Waals surface area (Å²) in [6, 6.07) is 0.